The average Bonchev–Trinajstić information content (AvgIpc) is 2.67. The molecule has 0 saturated carbocycles. The van der Waals surface area contributed by atoms with Crippen molar-refractivity contribution in [2.45, 2.75) is 77.7 Å². The Morgan fingerprint density at radius 3 is 2.34 bits per heavy atom. The lowest BCUT2D eigenvalue weighted by Crippen LogP contribution is -2.41. The molecule has 0 fully saturated rings. The van der Waals surface area contributed by atoms with Crippen molar-refractivity contribution >= 4 is 23.3 Å². The molecular formula is C23H35N3O3. The van der Waals surface area contributed by atoms with Gasteiger partial charge in [0, 0.05) is 25.7 Å². The Morgan fingerprint density at radius 1 is 1.03 bits per heavy atom. The SMILES string of the molecule is CC(=O)CCC(=O)N[C@@H](CCCCC(=N)N)C(=O)C[C@@H](C)CCc1ccccc1. The van der Waals surface area contributed by atoms with Crippen LogP contribution in [0.1, 0.15) is 70.8 Å². The summed E-state index contributed by atoms with van der Waals surface area (Å²) in [6.45, 7) is 3.51. The summed E-state index contributed by atoms with van der Waals surface area (Å²) in [6, 6.07) is 9.64. The molecule has 0 aliphatic carbocycles. The van der Waals surface area contributed by atoms with E-state index < -0.39 is 6.04 Å². The first-order valence-electron chi connectivity index (χ1n) is 10.5. The van der Waals surface area contributed by atoms with E-state index >= 15 is 0 Å². The van der Waals surface area contributed by atoms with Crippen molar-refractivity contribution in [1.29, 1.82) is 5.41 Å². The highest BCUT2D eigenvalue weighted by atomic mass is 16.2. The van der Waals surface area contributed by atoms with Crippen LogP contribution in [-0.2, 0) is 20.8 Å². The molecule has 0 heterocycles. The van der Waals surface area contributed by atoms with Gasteiger partial charge in [-0.1, -0.05) is 43.7 Å². The van der Waals surface area contributed by atoms with E-state index in [9.17, 15) is 14.4 Å². The standard InChI is InChI=1S/C23H35N3O3/c1-17(12-14-19-8-4-3-5-9-19)16-21(28)20(10-6-7-11-22(24)25)26-23(29)15-13-18(2)27/h3-5,8-9,17,20H,6-7,10-16H2,1-2H3,(H3,24,25)(H,26,29)/t17-,20-/m0/s1. The Balaban J connectivity index is 2.55. The molecule has 0 saturated heterocycles. The van der Waals surface area contributed by atoms with Gasteiger partial charge in [-0.15, -0.1) is 0 Å². The van der Waals surface area contributed by atoms with Crippen molar-refractivity contribution in [2.75, 3.05) is 0 Å². The van der Waals surface area contributed by atoms with E-state index in [1.165, 1.54) is 12.5 Å². The number of Topliss-reactive ketones (excluding diaryl/α,β-unsaturated/α-hetero) is 2. The molecule has 1 aromatic carbocycles. The number of amidine groups is 1. The smallest absolute Gasteiger partial charge is 0.221 e. The lowest BCUT2D eigenvalue weighted by atomic mass is 9.92. The van der Waals surface area contributed by atoms with Crippen LogP contribution in [0, 0.1) is 11.3 Å². The fourth-order valence-corrected chi connectivity index (χ4v) is 3.18. The van der Waals surface area contributed by atoms with Gasteiger partial charge in [0.2, 0.25) is 5.91 Å². The molecule has 2 atom stereocenters. The number of benzene rings is 1. The first kappa shape index (κ1) is 24.5. The molecular weight excluding hydrogens is 366 g/mol. The van der Waals surface area contributed by atoms with E-state index in [0.717, 1.165) is 12.8 Å². The van der Waals surface area contributed by atoms with Gasteiger partial charge in [-0.3, -0.25) is 15.0 Å². The molecule has 0 radical (unpaired) electrons. The van der Waals surface area contributed by atoms with Gasteiger partial charge in [-0.2, -0.15) is 0 Å². The van der Waals surface area contributed by atoms with Crippen molar-refractivity contribution in [2.24, 2.45) is 11.7 Å². The average molecular weight is 402 g/mol. The molecule has 0 aliphatic rings. The third-order valence-electron chi connectivity index (χ3n) is 4.94. The largest absolute Gasteiger partial charge is 0.388 e. The van der Waals surface area contributed by atoms with Crippen LogP contribution in [0.15, 0.2) is 30.3 Å². The van der Waals surface area contributed by atoms with Crippen molar-refractivity contribution in [1.82, 2.24) is 5.32 Å². The zero-order chi connectivity index (χ0) is 21.6. The van der Waals surface area contributed by atoms with Gasteiger partial charge in [0.15, 0.2) is 5.78 Å². The summed E-state index contributed by atoms with van der Waals surface area (Å²) < 4.78 is 0. The Hall–Kier alpha value is -2.50. The Kier molecular flexibility index (Phi) is 11.5. The normalized spacial score (nSPS) is 12.8. The quantitative estimate of drug-likeness (QED) is 0.237. The second kappa shape index (κ2) is 13.6. The maximum absolute atomic E-state index is 12.8. The van der Waals surface area contributed by atoms with Crippen molar-refractivity contribution in [3.8, 4) is 0 Å². The number of carbonyl (C=O) groups excluding carboxylic acids is 3. The van der Waals surface area contributed by atoms with Crippen LogP contribution in [0.5, 0.6) is 0 Å². The summed E-state index contributed by atoms with van der Waals surface area (Å²) >= 11 is 0. The van der Waals surface area contributed by atoms with Crippen LogP contribution in [0.4, 0.5) is 0 Å². The minimum atomic E-state index is -0.541. The van der Waals surface area contributed by atoms with Crippen molar-refractivity contribution in [3.05, 3.63) is 35.9 Å². The van der Waals surface area contributed by atoms with E-state index in [4.69, 9.17) is 11.1 Å². The molecule has 6 heteroatoms. The number of ketones is 2. The van der Waals surface area contributed by atoms with Crippen LogP contribution >= 0.6 is 0 Å². The second-order valence-corrected chi connectivity index (χ2v) is 7.89. The summed E-state index contributed by atoms with van der Waals surface area (Å²) in [5, 5.41) is 10.1. The minimum absolute atomic E-state index is 0.0320. The predicted octanol–water partition coefficient (Wildman–Crippen LogP) is 3.56. The van der Waals surface area contributed by atoms with Crippen LogP contribution in [-0.4, -0.2) is 29.4 Å². The van der Waals surface area contributed by atoms with Crippen LogP contribution in [0.3, 0.4) is 0 Å². The number of unbranched alkanes of at least 4 members (excludes halogenated alkanes) is 1. The first-order chi connectivity index (χ1) is 13.8. The number of nitrogens with two attached hydrogens (primary N) is 1. The summed E-state index contributed by atoms with van der Waals surface area (Å²) in [5.41, 5.74) is 6.63. The van der Waals surface area contributed by atoms with Gasteiger partial charge in [0.1, 0.15) is 5.78 Å². The lowest BCUT2D eigenvalue weighted by Gasteiger charge is -2.20. The molecule has 1 amide bonds. The predicted molar refractivity (Wildman–Crippen MR) is 116 cm³/mol. The molecule has 160 valence electrons. The Bertz CT molecular complexity index is 673. The third-order valence-corrected chi connectivity index (χ3v) is 4.94. The fourth-order valence-electron chi connectivity index (χ4n) is 3.18. The highest BCUT2D eigenvalue weighted by Gasteiger charge is 2.22. The summed E-state index contributed by atoms with van der Waals surface area (Å²) in [4.78, 5) is 36.0. The molecule has 1 aromatic rings. The van der Waals surface area contributed by atoms with E-state index in [1.54, 1.807) is 0 Å². The Morgan fingerprint density at radius 2 is 1.72 bits per heavy atom. The molecule has 1 rings (SSSR count). The first-order valence-corrected chi connectivity index (χ1v) is 10.5. The summed E-state index contributed by atoms with van der Waals surface area (Å²) in [6.07, 6.45) is 4.98. The summed E-state index contributed by atoms with van der Waals surface area (Å²) in [7, 11) is 0. The second-order valence-electron chi connectivity index (χ2n) is 7.89. The molecule has 29 heavy (non-hydrogen) atoms. The fraction of sp³-hybridized carbons (Fsp3) is 0.565. The molecule has 0 aromatic heterocycles. The number of hydrogen-bond acceptors (Lipinski definition) is 4. The maximum atomic E-state index is 12.8. The van der Waals surface area contributed by atoms with E-state index in [0.29, 0.717) is 32.1 Å². The van der Waals surface area contributed by atoms with Gasteiger partial charge < -0.3 is 15.8 Å². The molecule has 6 nitrogen and oxygen atoms in total. The van der Waals surface area contributed by atoms with Gasteiger partial charge >= 0.3 is 0 Å². The highest BCUT2D eigenvalue weighted by Crippen LogP contribution is 2.16. The topological polar surface area (TPSA) is 113 Å². The molecule has 4 N–H and O–H groups in total. The number of aryl methyl sites for hydroxylation is 1. The van der Waals surface area contributed by atoms with Crippen molar-refractivity contribution < 1.29 is 14.4 Å². The zero-order valence-corrected chi connectivity index (χ0v) is 17.7. The number of rotatable bonds is 15. The Labute approximate surface area is 174 Å². The number of hydrogen-bond donors (Lipinski definition) is 3. The van der Waals surface area contributed by atoms with Gasteiger partial charge in [0.05, 0.1) is 11.9 Å². The van der Waals surface area contributed by atoms with Gasteiger partial charge in [-0.25, -0.2) is 0 Å². The highest BCUT2D eigenvalue weighted by molar-refractivity contribution is 5.90. The molecule has 0 aliphatic heterocycles. The molecule has 0 spiro atoms. The van der Waals surface area contributed by atoms with Gasteiger partial charge in [0.25, 0.3) is 0 Å². The minimum Gasteiger partial charge on any atom is -0.388 e. The lowest BCUT2D eigenvalue weighted by molar-refractivity contribution is -0.129. The van der Waals surface area contributed by atoms with E-state index in [1.807, 2.05) is 18.2 Å². The van der Waals surface area contributed by atoms with Crippen LogP contribution in [0.25, 0.3) is 0 Å². The molecule has 0 unspecified atom stereocenters. The van der Waals surface area contributed by atoms with E-state index in [2.05, 4.69) is 24.4 Å². The molecule has 0 bridgehead atoms. The third kappa shape index (κ3) is 11.8. The monoisotopic (exact) mass is 401 g/mol. The van der Waals surface area contributed by atoms with Gasteiger partial charge in [-0.05, 0) is 44.1 Å². The number of amides is 1. The van der Waals surface area contributed by atoms with Crippen LogP contribution < -0.4 is 11.1 Å². The number of nitrogens with one attached hydrogen (secondary N) is 2. The van der Waals surface area contributed by atoms with Crippen molar-refractivity contribution in [3.63, 3.8) is 0 Å². The number of carbonyl (C=O) groups is 3. The van der Waals surface area contributed by atoms with Crippen LogP contribution in [0.2, 0.25) is 0 Å². The van der Waals surface area contributed by atoms with E-state index in [-0.39, 0.29) is 42.1 Å². The zero-order valence-electron chi connectivity index (χ0n) is 17.7. The summed E-state index contributed by atoms with van der Waals surface area (Å²) in [5.74, 6) is 0.0788. The maximum Gasteiger partial charge on any atom is 0.221 e.